The van der Waals surface area contributed by atoms with Gasteiger partial charge in [-0.15, -0.1) is 5.10 Å². The minimum absolute atomic E-state index is 0.254. The number of ether oxygens (including phenoxy) is 1. The van der Waals surface area contributed by atoms with Gasteiger partial charge in [-0.05, 0) is 52.2 Å². The monoisotopic (exact) mass is 552 g/mol. The number of carbonyl (C=O) groups excluding carboxylic acids is 1. The zero-order valence-electron chi connectivity index (χ0n) is 24.7. The van der Waals surface area contributed by atoms with Gasteiger partial charge < -0.3 is 26.0 Å². The van der Waals surface area contributed by atoms with Crippen LogP contribution in [0.4, 0.5) is 22.4 Å². The van der Waals surface area contributed by atoms with Crippen LogP contribution in [-0.4, -0.2) is 86.5 Å². The second kappa shape index (κ2) is 12.7. The Morgan fingerprint density at radius 1 is 1.18 bits per heavy atom. The van der Waals surface area contributed by atoms with Crippen molar-refractivity contribution in [1.82, 2.24) is 34.8 Å². The van der Waals surface area contributed by atoms with Gasteiger partial charge >= 0.3 is 6.09 Å². The smallest absolute Gasteiger partial charge is 0.407 e. The lowest BCUT2D eigenvalue weighted by Crippen LogP contribution is -2.49. The summed E-state index contributed by atoms with van der Waals surface area (Å²) in [6.07, 6.45) is 6.10. The summed E-state index contributed by atoms with van der Waals surface area (Å²) in [6, 6.07) is 2.44. The van der Waals surface area contributed by atoms with Crippen LogP contribution in [0.15, 0.2) is 18.5 Å². The van der Waals surface area contributed by atoms with Crippen LogP contribution in [0.1, 0.15) is 64.3 Å². The summed E-state index contributed by atoms with van der Waals surface area (Å²) in [7, 11) is 0. The maximum atomic E-state index is 11.9. The van der Waals surface area contributed by atoms with Gasteiger partial charge in [0.1, 0.15) is 11.4 Å². The Kier molecular flexibility index (Phi) is 9.28. The maximum Gasteiger partial charge on any atom is 0.407 e. The van der Waals surface area contributed by atoms with E-state index in [4.69, 9.17) is 15.5 Å². The number of amides is 1. The molecule has 12 heteroatoms. The zero-order valence-corrected chi connectivity index (χ0v) is 24.7. The first kappa shape index (κ1) is 29.3. The number of nitrogens with two attached hydrogens (primary N) is 1. The lowest BCUT2D eigenvalue weighted by atomic mass is 10.1. The summed E-state index contributed by atoms with van der Waals surface area (Å²) >= 11 is 0. The molecule has 0 aromatic carbocycles. The standard InChI is InChI=1S/C28H44N10O2/c1-7-8-20(3)33-26-34-23(29)25-32-18-22(38(25)35-26)16-21-15-19(2)24(31-17-21)37-13-11-36(12-14-37)10-9-30-27(39)40-28(4,5)6/h15,17-18,20H,7-14,16H2,1-6H3,(H,30,39)(H3,29,33,34,35)/t20-/m0/s1. The van der Waals surface area contributed by atoms with Crippen molar-refractivity contribution >= 4 is 29.3 Å². The molecule has 1 atom stereocenters. The molecule has 3 aromatic rings. The fourth-order valence-electron chi connectivity index (χ4n) is 4.93. The molecule has 4 rings (SSSR count). The molecule has 40 heavy (non-hydrogen) atoms. The van der Waals surface area contributed by atoms with E-state index in [1.54, 1.807) is 10.7 Å². The van der Waals surface area contributed by atoms with Gasteiger partial charge in [0.15, 0.2) is 11.5 Å². The maximum absolute atomic E-state index is 11.9. The number of fused-ring (bicyclic) bond motifs is 1. The number of nitrogens with one attached hydrogen (secondary N) is 2. The normalized spacial score (nSPS) is 15.3. The number of nitrogens with zero attached hydrogens (tertiary/aromatic N) is 7. The fraction of sp³-hybridized carbons (Fsp3) is 0.607. The summed E-state index contributed by atoms with van der Waals surface area (Å²) in [5.74, 6) is 1.88. The molecule has 0 radical (unpaired) electrons. The lowest BCUT2D eigenvalue weighted by molar-refractivity contribution is 0.0521. The molecule has 1 amide bonds. The molecule has 0 bridgehead atoms. The molecule has 1 saturated heterocycles. The van der Waals surface area contributed by atoms with Crippen LogP contribution in [0.2, 0.25) is 0 Å². The van der Waals surface area contributed by atoms with E-state index < -0.39 is 5.60 Å². The van der Waals surface area contributed by atoms with Gasteiger partial charge in [0.05, 0.1) is 11.9 Å². The van der Waals surface area contributed by atoms with Crippen molar-refractivity contribution in [2.75, 3.05) is 55.2 Å². The van der Waals surface area contributed by atoms with E-state index in [9.17, 15) is 4.79 Å². The third-order valence-electron chi connectivity index (χ3n) is 6.82. The first-order chi connectivity index (χ1) is 19.0. The minimum atomic E-state index is -0.487. The second-order valence-electron chi connectivity index (χ2n) is 11.6. The highest BCUT2D eigenvalue weighted by atomic mass is 16.6. The summed E-state index contributed by atoms with van der Waals surface area (Å²) in [4.78, 5) is 30.2. The van der Waals surface area contributed by atoms with Crippen molar-refractivity contribution in [3.63, 3.8) is 0 Å². The Balaban J connectivity index is 1.34. The highest BCUT2D eigenvalue weighted by molar-refractivity contribution is 5.67. The number of alkyl carbamates (subject to hydrolysis) is 1. The number of nitrogen functional groups attached to an aromatic ring is 1. The van der Waals surface area contributed by atoms with E-state index in [0.29, 0.717) is 30.4 Å². The number of rotatable bonds is 10. The number of anilines is 3. The molecule has 4 heterocycles. The Morgan fingerprint density at radius 2 is 1.93 bits per heavy atom. The highest BCUT2D eigenvalue weighted by Gasteiger charge is 2.21. The van der Waals surface area contributed by atoms with Crippen LogP contribution in [0.5, 0.6) is 0 Å². The average molecular weight is 553 g/mol. The molecule has 0 unspecified atom stereocenters. The SMILES string of the molecule is CCC[C@H](C)Nc1nc(N)c2ncc(Cc3cnc(N4CCN(CCNC(=O)OC(C)(C)C)CC4)c(C)c3)n2n1. The van der Waals surface area contributed by atoms with Gasteiger partial charge in [0.25, 0.3) is 0 Å². The fourth-order valence-corrected chi connectivity index (χ4v) is 4.93. The van der Waals surface area contributed by atoms with E-state index in [2.05, 4.69) is 62.3 Å². The molecule has 0 spiro atoms. The van der Waals surface area contributed by atoms with Crippen molar-refractivity contribution < 1.29 is 9.53 Å². The van der Waals surface area contributed by atoms with E-state index >= 15 is 0 Å². The summed E-state index contributed by atoms with van der Waals surface area (Å²) in [6.45, 7) is 16.9. The number of imidazole rings is 1. The largest absolute Gasteiger partial charge is 0.444 e. The van der Waals surface area contributed by atoms with Crippen LogP contribution in [0, 0.1) is 6.92 Å². The Hall–Kier alpha value is -3.67. The van der Waals surface area contributed by atoms with E-state index in [0.717, 1.165) is 68.2 Å². The molecular weight excluding hydrogens is 508 g/mol. The van der Waals surface area contributed by atoms with Gasteiger partial charge in [-0.1, -0.05) is 19.4 Å². The van der Waals surface area contributed by atoms with Gasteiger partial charge in [-0.25, -0.2) is 19.3 Å². The van der Waals surface area contributed by atoms with Crippen molar-refractivity contribution in [2.24, 2.45) is 0 Å². The number of hydrogen-bond donors (Lipinski definition) is 3. The average Bonchev–Trinajstić information content (AvgIpc) is 3.27. The van der Waals surface area contributed by atoms with Crippen LogP contribution in [0.3, 0.4) is 0 Å². The topological polar surface area (TPSA) is 139 Å². The van der Waals surface area contributed by atoms with Crippen LogP contribution in [0.25, 0.3) is 5.65 Å². The molecule has 1 aliphatic rings. The zero-order chi connectivity index (χ0) is 28.9. The molecule has 1 aliphatic heterocycles. The van der Waals surface area contributed by atoms with Crippen LogP contribution >= 0.6 is 0 Å². The molecule has 12 nitrogen and oxygen atoms in total. The van der Waals surface area contributed by atoms with Crippen molar-refractivity contribution in [3.05, 3.63) is 35.3 Å². The molecular formula is C28H44N10O2. The number of aryl methyl sites for hydroxylation is 1. The van der Waals surface area contributed by atoms with Gasteiger partial charge in [-0.3, -0.25) is 4.90 Å². The number of piperazine rings is 1. The lowest BCUT2D eigenvalue weighted by Gasteiger charge is -2.36. The first-order valence-electron chi connectivity index (χ1n) is 14.2. The predicted molar refractivity (Wildman–Crippen MR) is 158 cm³/mol. The van der Waals surface area contributed by atoms with Crippen molar-refractivity contribution in [1.29, 1.82) is 0 Å². The van der Waals surface area contributed by atoms with E-state index in [1.165, 1.54) is 0 Å². The van der Waals surface area contributed by atoms with Gasteiger partial charge in [0.2, 0.25) is 5.95 Å². The van der Waals surface area contributed by atoms with E-state index in [1.807, 2.05) is 27.0 Å². The Morgan fingerprint density at radius 3 is 2.60 bits per heavy atom. The quantitative estimate of drug-likeness (QED) is 0.343. The molecule has 4 N–H and O–H groups in total. The summed E-state index contributed by atoms with van der Waals surface area (Å²) in [5.41, 5.74) is 9.41. The second-order valence-corrected chi connectivity index (χ2v) is 11.6. The van der Waals surface area contributed by atoms with Crippen LogP contribution in [-0.2, 0) is 11.2 Å². The number of aromatic nitrogens is 5. The number of carbonyl (C=O) groups is 1. The van der Waals surface area contributed by atoms with Gasteiger partial charge in [-0.2, -0.15) is 4.98 Å². The minimum Gasteiger partial charge on any atom is -0.444 e. The number of pyridine rings is 1. The predicted octanol–water partition coefficient (Wildman–Crippen LogP) is 3.25. The highest BCUT2D eigenvalue weighted by Crippen LogP contribution is 2.22. The Bertz CT molecular complexity index is 1290. The van der Waals surface area contributed by atoms with Crippen molar-refractivity contribution in [2.45, 2.75) is 72.4 Å². The molecule has 0 saturated carbocycles. The molecule has 3 aromatic heterocycles. The van der Waals surface area contributed by atoms with Crippen LogP contribution < -0.4 is 21.3 Å². The van der Waals surface area contributed by atoms with E-state index in [-0.39, 0.29) is 12.1 Å². The third kappa shape index (κ3) is 7.71. The molecule has 218 valence electrons. The summed E-state index contributed by atoms with van der Waals surface area (Å²) < 4.78 is 7.09. The third-order valence-corrected chi connectivity index (χ3v) is 6.82. The molecule has 0 aliphatic carbocycles. The summed E-state index contributed by atoms with van der Waals surface area (Å²) in [5, 5.41) is 10.8. The first-order valence-corrected chi connectivity index (χ1v) is 14.2. The van der Waals surface area contributed by atoms with Crippen molar-refractivity contribution in [3.8, 4) is 0 Å². The number of hydrogen-bond acceptors (Lipinski definition) is 10. The Labute approximate surface area is 236 Å². The van der Waals surface area contributed by atoms with Gasteiger partial charge in [0, 0.05) is 57.9 Å². The molecule has 1 fully saturated rings.